The Morgan fingerprint density at radius 2 is 1.68 bits per heavy atom. The van der Waals surface area contributed by atoms with Gasteiger partial charge < -0.3 is 18.8 Å². The summed E-state index contributed by atoms with van der Waals surface area (Å²) in [4.78, 5) is 16.5. The van der Waals surface area contributed by atoms with Gasteiger partial charge in [-0.15, -0.1) is 13.2 Å². The SMILES string of the molecule is CCOC(=O)CCC(CC)CCOc1ccccc1Cn1c(-c2ccc(OC(F)(F)F)cc2)nc2ccccc21. The molecular formula is C31H33F3N2O4. The Kier molecular flexibility index (Phi) is 9.69. The first kappa shape index (κ1) is 29.0. The maximum absolute atomic E-state index is 12.6. The van der Waals surface area contributed by atoms with E-state index in [2.05, 4.69) is 11.7 Å². The van der Waals surface area contributed by atoms with Gasteiger partial charge in [-0.2, -0.15) is 0 Å². The number of rotatable bonds is 13. The second-order valence-corrected chi connectivity index (χ2v) is 9.45. The van der Waals surface area contributed by atoms with Gasteiger partial charge in [-0.25, -0.2) is 4.98 Å². The van der Waals surface area contributed by atoms with Gasteiger partial charge in [0.05, 0.1) is 30.8 Å². The minimum Gasteiger partial charge on any atom is -0.493 e. The van der Waals surface area contributed by atoms with Crippen molar-refractivity contribution in [3.8, 4) is 22.9 Å². The molecule has 0 saturated heterocycles. The fourth-order valence-electron chi connectivity index (χ4n) is 4.65. The van der Waals surface area contributed by atoms with E-state index >= 15 is 0 Å². The molecule has 0 saturated carbocycles. The van der Waals surface area contributed by atoms with Gasteiger partial charge in [0.1, 0.15) is 17.3 Å². The highest BCUT2D eigenvalue weighted by atomic mass is 19.4. The Morgan fingerprint density at radius 1 is 0.950 bits per heavy atom. The molecule has 0 radical (unpaired) electrons. The summed E-state index contributed by atoms with van der Waals surface area (Å²) in [6.45, 7) is 5.27. The molecule has 3 aromatic carbocycles. The maximum atomic E-state index is 12.6. The third kappa shape index (κ3) is 7.77. The first-order chi connectivity index (χ1) is 19.3. The molecule has 4 aromatic rings. The number of carbonyl (C=O) groups excluding carboxylic acids is 1. The molecule has 0 amide bonds. The van der Waals surface area contributed by atoms with Crippen LogP contribution >= 0.6 is 0 Å². The highest BCUT2D eigenvalue weighted by molar-refractivity contribution is 5.81. The lowest BCUT2D eigenvalue weighted by Gasteiger charge is -2.17. The number of hydrogen-bond acceptors (Lipinski definition) is 5. The van der Waals surface area contributed by atoms with Crippen molar-refractivity contribution in [2.24, 2.45) is 5.92 Å². The summed E-state index contributed by atoms with van der Waals surface area (Å²) in [7, 11) is 0. The smallest absolute Gasteiger partial charge is 0.493 e. The molecule has 0 spiro atoms. The number of fused-ring (bicyclic) bond motifs is 1. The van der Waals surface area contributed by atoms with Crippen LogP contribution in [-0.2, 0) is 16.1 Å². The molecule has 0 aliphatic rings. The molecule has 1 atom stereocenters. The number of esters is 1. The normalized spacial score (nSPS) is 12.3. The average molecular weight is 555 g/mol. The predicted octanol–water partition coefficient (Wildman–Crippen LogP) is 7.79. The zero-order valence-corrected chi connectivity index (χ0v) is 22.6. The summed E-state index contributed by atoms with van der Waals surface area (Å²) in [6, 6.07) is 21.2. The van der Waals surface area contributed by atoms with Crippen LogP contribution in [0.2, 0.25) is 0 Å². The van der Waals surface area contributed by atoms with Crippen LogP contribution < -0.4 is 9.47 Å². The molecule has 0 fully saturated rings. The van der Waals surface area contributed by atoms with Crippen molar-refractivity contribution < 1.29 is 32.2 Å². The average Bonchev–Trinajstić information content (AvgIpc) is 3.29. The molecule has 4 rings (SSSR count). The van der Waals surface area contributed by atoms with Crippen LogP contribution in [0.5, 0.6) is 11.5 Å². The Balaban J connectivity index is 1.52. The van der Waals surface area contributed by atoms with Crippen LogP contribution in [0.25, 0.3) is 22.4 Å². The number of imidazole rings is 1. The second-order valence-electron chi connectivity index (χ2n) is 9.45. The van der Waals surface area contributed by atoms with E-state index in [1.54, 1.807) is 19.1 Å². The zero-order valence-electron chi connectivity index (χ0n) is 22.6. The van der Waals surface area contributed by atoms with E-state index in [4.69, 9.17) is 14.5 Å². The first-order valence-electron chi connectivity index (χ1n) is 13.4. The monoisotopic (exact) mass is 554 g/mol. The molecule has 1 aromatic heterocycles. The van der Waals surface area contributed by atoms with Crippen LogP contribution in [0.4, 0.5) is 13.2 Å². The van der Waals surface area contributed by atoms with Gasteiger partial charge in [0.2, 0.25) is 0 Å². The van der Waals surface area contributed by atoms with Crippen molar-refractivity contribution in [3.05, 3.63) is 78.4 Å². The van der Waals surface area contributed by atoms with Crippen LogP contribution in [0.3, 0.4) is 0 Å². The maximum Gasteiger partial charge on any atom is 0.573 e. The molecule has 40 heavy (non-hydrogen) atoms. The molecule has 6 nitrogen and oxygen atoms in total. The largest absolute Gasteiger partial charge is 0.573 e. The van der Waals surface area contributed by atoms with Gasteiger partial charge in [-0.05, 0) is 68.1 Å². The van der Waals surface area contributed by atoms with Crippen LogP contribution in [0, 0.1) is 5.92 Å². The topological polar surface area (TPSA) is 62.6 Å². The lowest BCUT2D eigenvalue weighted by atomic mass is 9.97. The fraction of sp³-hybridized carbons (Fsp3) is 0.355. The summed E-state index contributed by atoms with van der Waals surface area (Å²) in [5.74, 6) is 1.27. The number of halogens is 3. The fourth-order valence-corrected chi connectivity index (χ4v) is 4.65. The number of carbonyl (C=O) groups is 1. The summed E-state index contributed by atoms with van der Waals surface area (Å²) in [5, 5.41) is 0. The van der Waals surface area contributed by atoms with Crippen LogP contribution in [-0.4, -0.2) is 35.1 Å². The molecule has 0 aliphatic carbocycles. The van der Waals surface area contributed by atoms with Crippen molar-refractivity contribution in [2.75, 3.05) is 13.2 Å². The second kappa shape index (κ2) is 13.4. The summed E-state index contributed by atoms with van der Waals surface area (Å²) in [6.07, 6.45) is -1.83. The first-order valence-corrected chi connectivity index (χ1v) is 13.4. The summed E-state index contributed by atoms with van der Waals surface area (Å²) in [5.41, 5.74) is 3.28. The van der Waals surface area contributed by atoms with Crippen LogP contribution in [0.15, 0.2) is 72.8 Å². The minimum absolute atomic E-state index is 0.168. The van der Waals surface area contributed by atoms with Gasteiger partial charge in [-0.3, -0.25) is 4.79 Å². The van der Waals surface area contributed by atoms with E-state index in [9.17, 15) is 18.0 Å². The van der Waals surface area contributed by atoms with E-state index in [-0.39, 0.29) is 11.7 Å². The summed E-state index contributed by atoms with van der Waals surface area (Å²) < 4.78 is 55.2. The van der Waals surface area contributed by atoms with Crippen molar-refractivity contribution >= 4 is 17.0 Å². The number of para-hydroxylation sites is 3. The van der Waals surface area contributed by atoms with Crippen molar-refractivity contribution in [2.45, 2.75) is 52.4 Å². The number of nitrogens with zero attached hydrogens (tertiary/aromatic N) is 2. The Bertz CT molecular complexity index is 1400. The summed E-state index contributed by atoms with van der Waals surface area (Å²) >= 11 is 0. The van der Waals surface area contributed by atoms with Gasteiger partial charge in [0.25, 0.3) is 0 Å². The standard InChI is InChI=1S/C31H33F3N2O4/c1-3-22(13-18-29(37)38-4-2)19-20-39-28-12-8-5-9-24(28)21-36-27-11-7-6-10-26(27)35-30(36)23-14-16-25(17-15-23)40-31(32,33)34/h5-12,14-17,22H,3-4,13,18-21H2,1-2H3. The van der Waals surface area contributed by atoms with E-state index in [1.807, 2.05) is 53.1 Å². The van der Waals surface area contributed by atoms with Crippen molar-refractivity contribution in [3.63, 3.8) is 0 Å². The lowest BCUT2D eigenvalue weighted by molar-refractivity contribution is -0.274. The Hall–Kier alpha value is -4.01. The third-order valence-corrected chi connectivity index (χ3v) is 6.72. The van der Waals surface area contributed by atoms with E-state index in [0.29, 0.717) is 43.5 Å². The Labute approximate surface area is 231 Å². The molecule has 0 N–H and O–H groups in total. The molecule has 1 unspecified atom stereocenters. The number of aromatic nitrogens is 2. The third-order valence-electron chi connectivity index (χ3n) is 6.72. The van der Waals surface area contributed by atoms with Gasteiger partial charge in [0.15, 0.2) is 0 Å². The van der Waals surface area contributed by atoms with Gasteiger partial charge >= 0.3 is 12.3 Å². The lowest BCUT2D eigenvalue weighted by Crippen LogP contribution is -2.17. The zero-order chi connectivity index (χ0) is 28.5. The minimum atomic E-state index is -4.75. The van der Waals surface area contributed by atoms with Gasteiger partial charge in [0, 0.05) is 17.5 Å². The van der Waals surface area contributed by atoms with E-state index in [1.165, 1.54) is 12.1 Å². The highest BCUT2D eigenvalue weighted by Gasteiger charge is 2.31. The molecule has 0 bridgehead atoms. The van der Waals surface area contributed by atoms with Gasteiger partial charge in [-0.1, -0.05) is 43.7 Å². The number of alkyl halides is 3. The van der Waals surface area contributed by atoms with Crippen LogP contribution in [0.1, 0.15) is 45.1 Å². The molecular weight excluding hydrogens is 521 g/mol. The number of benzene rings is 3. The van der Waals surface area contributed by atoms with Crippen molar-refractivity contribution in [1.82, 2.24) is 9.55 Å². The molecule has 212 valence electrons. The molecule has 0 aliphatic heterocycles. The number of hydrogen-bond donors (Lipinski definition) is 0. The van der Waals surface area contributed by atoms with Crippen molar-refractivity contribution in [1.29, 1.82) is 0 Å². The molecule has 1 heterocycles. The Morgan fingerprint density at radius 3 is 2.40 bits per heavy atom. The highest BCUT2D eigenvalue weighted by Crippen LogP contribution is 2.31. The molecule has 9 heteroatoms. The predicted molar refractivity (Wildman–Crippen MR) is 147 cm³/mol. The van der Waals surface area contributed by atoms with E-state index < -0.39 is 6.36 Å². The number of ether oxygens (including phenoxy) is 3. The van der Waals surface area contributed by atoms with E-state index in [0.717, 1.165) is 41.6 Å². The quantitative estimate of drug-likeness (QED) is 0.158.